The number of alkyl carbamates (subject to hydrolysis) is 1. The molecule has 4 aliphatic rings. The number of allylic oxidation sites excluding steroid dienone is 1. The first-order valence-corrected chi connectivity index (χ1v) is 19.7. The van der Waals surface area contributed by atoms with Gasteiger partial charge in [0.15, 0.2) is 0 Å². The molecule has 5 amide bonds. The smallest absolute Gasteiger partial charge is 0.411 e. The van der Waals surface area contributed by atoms with E-state index in [2.05, 4.69) is 20.7 Å². The Morgan fingerprint density at radius 2 is 1.72 bits per heavy atom. The van der Waals surface area contributed by atoms with Gasteiger partial charge in [0, 0.05) is 24.5 Å². The van der Waals surface area contributed by atoms with Crippen LogP contribution >= 0.6 is 0 Å². The van der Waals surface area contributed by atoms with Crippen LogP contribution in [0.5, 0.6) is 0 Å². The molecule has 290 valence electrons. The maximum atomic E-state index is 14.3. The van der Waals surface area contributed by atoms with Crippen LogP contribution in [0.3, 0.4) is 0 Å². The zero-order valence-corrected chi connectivity index (χ0v) is 31.4. The number of nitrogens with zero attached hydrogens (tertiary/aromatic N) is 1. The average molecular weight is 766 g/mol. The Bertz CT molecular complexity index is 1890. The number of sulfonamides is 1. The molecule has 3 fully saturated rings. The van der Waals surface area contributed by atoms with Crippen LogP contribution in [0.4, 0.5) is 15.3 Å². The number of carbonyl (C=O) groups is 5. The third kappa shape index (κ3) is 9.39. The summed E-state index contributed by atoms with van der Waals surface area (Å²) in [7, 11) is -3.93. The number of para-hydroxylation sites is 1. The highest BCUT2D eigenvalue weighted by molar-refractivity contribution is 7.91. The van der Waals surface area contributed by atoms with Gasteiger partial charge in [-0.05, 0) is 64.5 Å². The molecule has 2 aromatic rings. The molecule has 6 rings (SSSR count). The zero-order chi connectivity index (χ0) is 38.7. The molecule has 4 N–H and O–H groups in total. The molecule has 2 heterocycles. The van der Waals surface area contributed by atoms with Gasteiger partial charge in [0.1, 0.15) is 29.3 Å². The van der Waals surface area contributed by atoms with Crippen molar-refractivity contribution in [1.29, 1.82) is 0 Å². The average Bonchev–Trinajstić information content (AvgIpc) is 4.03. The van der Waals surface area contributed by atoms with E-state index in [0.29, 0.717) is 31.4 Å². The Morgan fingerprint density at radius 3 is 2.44 bits per heavy atom. The monoisotopic (exact) mass is 765 g/mol. The number of ether oxygens (including phenoxy) is 3. The normalized spacial score (nSPS) is 26.2. The van der Waals surface area contributed by atoms with Crippen molar-refractivity contribution in [3.63, 3.8) is 0 Å². The Labute approximate surface area is 314 Å². The summed E-state index contributed by atoms with van der Waals surface area (Å²) in [6, 6.07) is 14.1. The lowest BCUT2D eigenvalue weighted by Crippen LogP contribution is -2.59. The van der Waals surface area contributed by atoms with Crippen molar-refractivity contribution in [3.05, 3.63) is 66.7 Å². The Kier molecular flexibility index (Phi) is 11.3. The van der Waals surface area contributed by atoms with Crippen molar-refractivity contribution in [1.82, 2.24) is 20.3 Å². The summed E-state index contributed by atoms with van der Waals surface area (Å²) in [5.41, 5.74) is -0.350. The first-order chi connectivity index (χ1) is 25.6. The number of hydrogen-bond acceptors (Lipinski definition) is 10. The van der Waals surface area contributed by atoms with Crippen LogP contribution in [0.2, 0.25) is 0 Å². The van der Waals surface area contributed by atoms with Crippen molar-refractivity contribution < 1.29 is 46.6 Å². The lowest BCUT2D eigenvalue weighted by molar-refractivity contribution is -0.142. The topological polar surface area (TPSA) is 199 Å². The summed E-state index contributed by atoms with van der Waals surface area (Å²) in [6.07, 6.45) is 2.91. The van der Waals surface area contributed by atoms with Gasteiger partial charge in [-0.2, -0.15) is 0 Å². The maximum absolute atomic E-state index is 14.3. The summed E-state index contributed by atoms with van der Waals surface area (Å²) >= 11 is 0. The van der Waals surface area contributed by atoms with E-state index in [1.54, 1.807) is 39.0 Å². The first kappa shape index (κ1) is 38.8. The molecule has 0 spiro atoms. The third-order valence-corrected chi connectivity index (χ3v) is 11.5. The first-order valence-electron chi connectivity index (χ1n) is 18.2. The van der Waals surface area contributed by atoms with Gasteiger partial charge in [-0.15, -0.1) is 0 Å². The molecule has 5 atom stereocenters. The Balaban J connectivity index is 1.25. The van der Waals surface area contributed by atoms with E-state index >= 15 is 0 Å². The number of benzene rings is 2. The van der Waals surface area contributed by atoms with Crippen molar-refractivity contribution in [2.75, 3.05) is 25.1 Å². The van der Waals surface area contributed by atoms with Gasteiger partial charge in [0.05, 0.1) is 24.1 Å². The highest BCUT2D eigenvalue weighted by atomic mass is 32.2. The van der Waals surface area contributed by atoms with E-state index < -0.39 is 80.4 Å². The fourth-order valence-electron chi connectivity index (χ4n) is 6.68. The summed E-state index contributed by atoms with van der Waals surface area (Å²) in [4.78, 5) is 69.5. The number of carbonyl (C=O) groups excluding carboxylic acids is 5. The maximum Gasteiger partial charge on any atom is 0.411 e. The predicted octanol–water partition coefficient (Wildman–Crippen LogP) is 3.61. The number of amides is 5. The van der Waals surface area contributed by atoms with Crippen molar-refractivity contribution in [2.45, 2.75) is 93.9 Å². The number of hydrogen-bond donors (Lipinski definition) is 4. The fraction of sp³-hybridized carbons (Fsp3) is 0.500. The van der Waals surface area contributed by atoms with Gasteiger partial charge in [-0.1, -0.05) is 60.7 Å². The number of anilines is 1. The molecule has 2 aliphatic carbocycles. The second-order valence-corrected chi connectivity index (χ2v) is 17.1. The van der Waals surface area contributed by atoms with E-state index in [1.165, 1.54) is 4.90 Å². The van der Waals surface area contributed by atoms with Crippen LogP contribution in [0, 0.1) is 5.92 Å². The minimum atomic E-state index is -3.93. The van der Waals surface area contributed by atoms with Crippen molar-refractivity contribution in [2.24, 2.45) is 5.92 Å². The minimum Gasteiger partial charge on any atom is -0.444 e. The summed E-state index contributed by atoms with van der Waals surface area (Å²) in [5.74, 6) is -2.80. The zero-order valence-electron chi connectivity index (χ0n) is 30.5. The van der Waals surface area contributed by atoms with Crippen LogP contribution in [0.1, 0.15) is 59.3 Å². The minimum absolute atomic E-state index is 0.143. The van der Waals surface area contributed by atoms with E-state index in [4.69, 9.17) is 14.2 Å². The van der Waals surface area contributed by atoms with Crippen LogP contribution in [0.15, 0.2) is 66.7 Å². The molecule has 2 saturated carbocycles. The van der Waals surface area contributed by atoms with Gasteiger partial charge in [-0.25, -0.2) is 18.0 Å². The van der Waals surface area contributed by atoms with Gasteiger partial charge < -0.3 is 29.7 Å². The fourth-order valence-corrected chi connectivity index (χ4v) is 8.05. The highest BCUT2D eigenvalue weighted by Crippen LogP contribution is 2.46. The van der Waals surface area contributed by atoms with Crippen LogP contribution < -0.4 is 20.7 Å². The standard InChI is InChI=1S/C38H47N5O10S/c1-37(2,3)53-36(48)40-30-23-51-19-11-5-8-14-25-21-38(25,34(46)42-54(49,50)27-17-18-27)41-32(44)31-20-26(22-43(31)33(30)45)52-35(47)39-29-16-10-9-15-28(29)24-12-6-4-7-13-24/h4,6-10,12-16,25-27,30-31H,5,11,17-23H2,1-3H3,(H,39,47)(H,40,48)(H,41,44)(H,42,46). The van der Waals surface area contributed by atoms with Gasteiger partial charge in [-0.3, -0.25) is 24.4 Å². The van der Waals surface area contributed by atoms with E-state index in [1.807, 2.05) is 48.5 Å². The van der Waals surface area contributed by atoms with Gasteiger partial charge in [0.2, 0.25) is 21.8 Å². The molecular formula is C38H47N5O10S. The molecule has 0 radical (unpaired) electrons. The quantitative estimate of drug-likeness (QED) is 0.302. The van der Waals surface area contributed by atoms with Crippen molar-refractivity contribution >= 4 is 45.6 Å². The highest BCUT2D eigenvalue weighted by Gasteiger charge is 2.62. The van der Waals surface area contributed by atoms with E-state index in [9.17, 15) is 32.4 Å². The van der Waals surface area contributed by atoms with E-state index in [0.717, 1.165) is 11.1 Å². The predicted molar refractivity (Wildman–Crippen MR) is 197 cm³/mol. The number of rotatable bonds is 7. The molecule has 1 saturated heterocycles. The second-order valence-electron chi connectivity index (χ2n) is 15.1. The Hall–Kier alpha value is -4.96. The number of fused-ring (bicyclic) bond motifs is 2. The summed E-state index contributed by atoms with van der Waals surface area (Å²) in [5, 5.41) is 7.45. The lowest BCUT2D eigenvalue weighted by atomic mass is 10.0. The molecule has 2 aromatic carbocycles. The second kappa shape index (κ2) is 15.8. The van der Waals surface area contributed by atoms with Crippen LogP contribution in [-0.2, 0) is 38.6 Å². The summed E-state index contributed by atoms with van der Waals surface area (Å²) in [6.45, 7) is 4.80. The molecule has 54 heavy (non-hydrogen) atoms. The number of nitrogens with one attached hydrogen (secondary N) is 4. The van der Waals surface area contributed by atoms with Crippen molar-refractivity contribution in [3.8, 4) is 11.1 Å². The molecule has 15 nitrogen and oxygen atoms in total. The van der Waals surface area contributed by atoms with Gasteiger partial charge >= 0.3 is 12.2 Å². The molecule has 0 aromatic heterocycles. The Morgan fingerprint density at radius 1 is 1.00 bits per heavy atom. The molecule has 5 unspecified atom stereocenters. The van der Waals surface area contributed by atoms with E-state index in [-0.39, 0.29) is 32.6 Å². The van der Waals surface area contributed by atoms with Crippen LogP contribution in [0.25, 0.3) is 11.1 Å². The SMILES string of the molecule is CC(C)(C)OC(=O)NC1COCCCC=CC2CC2(C(=O)NS(=O)(=O)C2CC2)NC(=O)C2CC(OC(=O)Nc3ccccc3-c3ccccc3)CN2C1=O. The molecule has 0 bridgehead atoms. The summed E-state index contributed by atoms with van der Waals surface area (Å²) < 4.78 is 44.7. The largest absolute Gasteiger partial charge is 0.444 e. The molecular weight excluding hydrogens is 719 g/mol. The van der Waals surface area contributed by atoms with Gasteiger partial charge in [0.25, 0.3) is 5.91 Å². The lowest BCUT2D eigenvalue weighted by Gasteiger charge is -2.30. The third-order valence-electron chi connectivity index (χ3n) is 9.64. The van der Waals surface area contributed by atoms with Crippen LogP contribution in [-0.4, -0.2) is 97.6 Å². The molecule has 2 aliphatic heterocycles. The molecule has 16 heteroatoms.